The zero-order valence-electron chi connectivity index (χ0n) is 11.2. The summed E-state index contributed by atoms with van der Waals surface area (Å²) in [7, 11) is 3.25. The first-order valence-corrected chi connectivity index (χ1v) is 6.45. The van der Waals surface area contributed by atoms with Gasteiger partial charge in [-0.05, 0) is 30.6 Å². The normalized spacial score (nSPS) is 35.6. The summed E-state index contributed by atoms with van der Waals surface area (Å²) in [5.74, 6) is 0.933. The predicted octanol–water partition coefficient (Wildman–Crippen LogP) is 2.41. The first kappa shape index (κ1) is 12.5. The smallest absolute Gasteiger partial charge is 0.137 e. The van der Waals surface area contributed by atoms with E-state index in [-0.39, 0.29) is 5.92 Å². The topological polar surface area (TPSA) is 38.7 Å². The number of para-hydroxylation sites is 1. The molecule has 3 heteroatoms. The van der Waals surface area contributed by atoms with Crippen molar-refractivity contribution in [1.82, 2.24) is 0 Å². The van der Waals surface area contributed by atoms with Crippen molar-refractivity contribution in [3.05, 3.63) is 54.1 Å². The van der Waals surface area contributed by atoms with Gasteiger partial charge in [0.25, 0.3) is 0 Å². The molecule has 1 atom stereocenters. The first-order chi connectivity index (χ1) is 9.15. The third kappa shape index (κ3) is 1.58. The highest BCUT2D eigenvalue weighted by molar-refractivity contribution is 5.47. The van der Waals surface area contributed by atoms with Crippen molar-refractivity contribution >= 4 is 0 Å². The molecule has 0 radical (unpaired) electrons. The lowest BCUT2D eigenvalue weighted by Gasteiger charge is -2.50. The van der Waals surface area contributed by atoms with Gasteiger partial charge in [-0.1, -0.05) is 30.4 Å². The van der Waals surface area contributed by atoms with E-state index < -0.39 is 11.2 Å². The highest BCUT2D eigenvalue weighted by Crippen LogP contribution is 2.51. The number of methoxy groups -OCH3 is 2. The zero-order valence-corrected chi connectivity index (χ0v) is 11.2. The van der Waals surface area contributed by atoms with E-state index in [2.05, 4.69) is 12.2 Å². The van der Waals surface area contributed by atoms with Crippen LogP contribution in [0.5, 0.6) is 5.75 Å². The van der Waals surface area contributed by atoms with Crippen molar-refractivity contribution in [2.75, 3.05) is 14.2 Å². The minimum atomic E-state index is -1.09. The SMILES string of the molecule is COc1ccccc1[C@@]1(O)CC2C=CC1(OC)C=C2. The number of aliphatic hydroxyl groups is 1. The van der Waals surface area contributed by atoms with Crippen LogP contribution in [0.4, 0.5) is 0 Å². The number of ether oxygens (including phenoxy) is 2. The lowest BCUT2D eigenvalue weighted by molar-refractivity contribution is -0.141. The van der Waals surface area contributed by atoms with Gasteiger partial charge in [-0.3, -0.25) is 0 Å². The van der Waals surface area contributed by atoms with Gasteiger partial charge in [-0.2, -0.15) is 0 Å². The second-order valence-electron chi connectivity index (χ2n) is 5.14. The summed E-state index contributed by atoms with van der Waals surface area (Å²) in [5.41, 5.74) is -1.13. The lowest BCUT2D eigenvalue weighted by Crippen LogP contribution is -2.55. The average molecular weight is 258 g/mol. The van der Waals surface area contributed by atoms with E-state index in [1.807, 2.05) is 36.4 Å². The van der Waals surface area contributed by atoms with Crippen LogP contribution in [0.15, 0.2) is 48.6 Å². The average Bonchev–Trinajstić information content (AvgIpc) is 2.48. The maximum atomic E-state index is 11.3. The molecule has 2 bridgehead atoms. The molecule has 0 fully saturated rings. The van der Waals surface area contributed by atoms with Crippen LogP contribution in [0.2, 0.25) is 0 Å². The predicted molar refractivity (Wildman–Crippen MR) is 73.0 cm³/mol. The van der Waals surface area contributed by atoms with E-state index in [0.717, 1.165) is 5.56 Å². The zero-order chi connectivity index (χ0) is 13.5. The molecule has 0 amide bonds. The first-order valence-electron chi connectivity index (χ1n) is 6.45. The molecule has 3 aliphatic carbocycles. The second kappa shape index (κ2) is 4.22. The van der Waals surface area contributed by atoms with E-state index in [9.17, 15) is 5.11 Å². The maximum Gasteiger partial charge on any atom is 0.137 e. The molecule has 100 valence electrons. The largest absolute Gasteiger partial charge is 0.496 e. The van der Waals surface area contributed by atoms with E-state index in [4.69, 9.17) is 9.47 Å². The Kier molecular flexibility index (Phi) is 2.77. The second-order valence-corrected chi connectivity index (χ2v) is 5.14. The Bertz CT molecular complexity index is 533. The van der Waals surface area contributed by atoms with Gasteiger partial charge in [-0.15, -0.1) is 0 Å². The molecule has 0 saturated heterocycles. The van der Waals surface area contributed by atoms with E-state index in [1.165, 1.54) is 0 Å². The molecular formula is C16H18O3. The highest BCUT2D eigenvalue weighted by atomic mass is 16.5. The third-order valence-electron chi connectivity index (χ3n) is 4.25. The van der Waals surface area contributed by atoms with Gasteiger partial charge in [0.15, 0.2) is 0 Å². The molecule has 3 nitrogen and oxygen atoms in total. The molecule has 0 saturated carbocycles. The van der Waals surface area contributed by atoms with Gasteiger partial charge in [0.2, 0.25) is 0 Å². The van der Waals surface area contributed by atoms with E-state index in [0.29, 0.717) is 12.2 Å². The van der Waals surface area contributed by atoms with Crippen molar-refractivity contribution in [3.8, 4) is 5.75 Å². The molecule has 0 heterocycles. The minimum Gasteiger partial charge on any atom is -0.496 e. The maximum absolute atomic E-state index is 11.3. The van der Waals surface area contributed by atoms with Gasteiger partial charge >= 0.3 is 0 Å². The molecule has 1 N–H and O–H groups in total. The van der Waals surface area contributed by atoms with Crippen LogP contribution in [-0.2, 0) is 10.3 Å². The summed E-state index contributed by atoms with van der Waals surface area (Å²) in [6, 6.07) is 7.58. The van der Waals surface area contributed by atoms with Gasteiger partial charge in [0, 0.05) is 12.7 Å². The van der Waals surface area contributed by atoms with Crippen LogP contribution in [-0.4, -0.2) is 24.9 Å². The van der Waals surface area contributed by atoms with Crippen LogP contribution in [0, 0.1) is 5.92 Å². The van der Waals surface area contributed by atoms with Crippen molar-refractivity contribution in [2.45, 2.75) is 17.6 Å². The summed E-state index contributed by atoms with van der Waals surface area (Å²) in [6.07, 6.45) is 8.69. The van der Waals surface area contributed by atoms with Gasteiger partial charge in [0.05, 0.1) is 7.11 Å². The Morgan fingerprint density at radius 1 is 1.16 bits per heavy atom. The molecule has 1 aromatic rings. The fourth-order valence-corrected chi connectivity index (χ4v) is 3.18. The Morgan fingerprint density at radius 2 is 1.84 bits per heavy atom. The van der Waals surface area contributed by atoms with Crippen molar-refractivity contribution in [3.63, 3.8) is 0 Å². The van der Waals surface area contributed by atoms with Crippen LogP contribution in [0.1, 0.15) is 12.0 Å². The Morgan fingerprint density at radius 3 is 2.47 bits per heavy atom. The minimum absolute atomic E-state index is 0.243. The van der Waals surface area contributed by atoms with Crippen LogP contribution in [0.25, 0.3) is 0 Å². The number of allylic oxidation sites excluding steroid dienone is 2. The molecule has 4 rings (SSSR count). The van der Waals surface area contributed by atoms with Gasteiger partial charge < -0.3 is 14.6 Å². The van der Waals surface area contributed by atoms with Crippen LogP contribution >= 0.6 is 0 Å². The summed E-state index contributed by atoms with van der Waals surface area (Å²) in [4.78, 5) is 0. The fraction of sp³-hybridized carbons (Fsp3) is 0.375. The summed E-state index contributed by atoms with van der Waals surface area (Å²) < 4.78 is 11.1. The monoisotopic (exact) mass is 258 g/mol. The Labute approximate surface area is 113 Å². The molecule has 0 spiro atoms. The van der Waals surface area contributed by atoms with Crippen LogP contribution in [0.3, 0.4) is 0 Å². The van der Waals surface area contributed by atoms with E-state index in [1.54, 1.807) is 14.2 Å². The lowest BCUT2D eigenvalue weighted by atomic mass is 9.64. The van der Waals surface area contributed by atoms with Crippen molar-refractivity contribution < 1.29 is 14.6 Å². The van der Waals surface area contributed by atoms with Gasteiger partial charge in [0.1, 0.15) is 17.0 Å². The van der Waals surface area contributed by atoms with Crippen molar-refractivity contribution in [1.29, 1.82) is 0 Å². The van der Waals surface area contributed by atoms with E-state index >= 15 is 0 Å². The van der Waals surface area contributed by atoms with Crippen LogP contribution < -0.4 is 4.74 Å². The van der Waals surface area contributed by atoms with Crippen molar-refractivity contribution in [2.24, 2.45) is 5.92 Å². The molecule has 1 aromatic carbocycles. The number of rotatable bonds is 3. The number of hydrogen-bond donors (Lipinski definition) is 1. The molecule has 0 aliphatic heterocycles. The third-order valence-corrected chi connectivity index (χ3v) is 4.25. The fourth-order valence-electron chi connectivity index (χ4n) is 3.18. The molecule has 3 aliphatic rings. The number of fused-ring (bicyclic) bond motifs is 1. The molecule has 0 unspecified atom stereocenters. The number of benzene rings is 1. The summed E-state index contributed by atoms with van der Waals surface area (Å²) in [6.45, 7) is 0. The van der Waals surface area contributed by atoms with Gasteiger partial charge in [-0.25, -0.2) is 0 Å². The molecule has 0 aromatic heterocycles. The Hall–Kier alpha value is -1.58. The highest BCUT2D eigenvalue weighted by Gasteiger charge is 2.55. The summed E-state index contributed by atoms with van der Waals surface area (Å²) in [5, 5.41) is 11.3. The Balaban J connectivity index is 2.18. The standard InChI is InChI=1S/C16H18O3/c1-18-14-6-4-3-5-13(14)16(17)11-12-7-9-15(16,19-2)10-8-12/h3-10,12,17H,11H2,1-2H3/t12?,15?,16-/m0/s1. The molecular weight excluding hydrogens is 240 g/mol. The molecule has 19 heavy (non-hydrogen) atoms. The summed E-state index contributed by atoms with van der Waals surface area (Å²) >= 11 is 0. The quantitative estimate of drug-likeness (QED) is 0.846. The number of hydrogen-bond acceptors (Lipinski definition) is 3.